The van der Waals surface area contributed by atoms with Gasteiger partial charge in [0.15, 0.2) is 7.14 Å². The Morgan fingerprint density at radius 1 is 0.552 bits per heavy atom. The molecule has 0 spiro atoms. The largest absolute Gasteiger partial charge is 0.416 e. The highest BCUT2D eigenvalue weighted by Gasteiger charge is 2.35. The topological polar surface area (TPSA) is 43.1 Å². The Kier molecular flexibility index (Phi) is 5.26. The van der Waals surface area contributed by atoms with Gasteiger partial charge in [0.2, 0.25) is 0 Å². The summed E-state index contributed by atoms with van der Waals surface area (Å²) < 4.78 is 91.3. The zero-order valence-corrected chi connectivity index (χ0v) is 15.5. The fraction of sp³-hybridized carbons (Fsp3) is 0.100. The van der Waals surface area contributed by atoms with Gasteiger partial charge in [-0.1, -0.05) is 24.3 Å². The average molecular weight is 429 g/mol. The molecule has 0 aliphatic carbocycles. The van der Waals surface area contributed by atoms with Gasteiger partial charge in [-0.05, 0) is 48.5 Å². The van der Waals surface area contributed by atoms with Crippen molar-refractivity contribution >= 4 is 28.7 Å². The zero-order valence-electron chi connectivity index (χ0n) is 14.6. The zero-order chi connectivity index (χ0) is 21.4. The standard InChI is InChI=1S/C20H14F6NOP/c21-19(22,23)13-1-7-16(8-2-13)29(28,18-11-5-15(27)6-12-18)17-9-3-14(4-10-17)20(24,25)26/h1-12H,27H2. The Bertz CT molecular complexity index is 977. The first kappa shape index (κ1) is 21.0. The van der Waals surface area contributed by atoms with E-state index >= 15 is 0 Å². The molecule has 0 saturated heterocycles. The summed E-state index contributed by atoms with van der Waals surface area (Å²) in [5, 5.41) is 0.372. The third-order valence-electron chi connectivity index (χ3n) is 4.37. The Labute approximate surface area is 162 Å². The molecule has 2 N–H and O–H groups in total. The molecule has 3 aromatic carbocycles. The van der Waals surface area contributed by atoms with Crippen LogP contribution in [0.4, 0.5) is 32.0 Å². The second-order valence-corrected chi connectivity index (χ2v) is 9.06. The minimum absolute atomic E-state index is 0.0648. The first-order valence-electron chi connectivity index (χ1n) is 8.24. The van der Waals surface area contributed by atoms with E-state index < -0.39 is 30.6 Å². The normalized spacial score (nSPS) is 12.8. The highest BCUT2D eigenvalue weighted by atomic mass is 31.2. The number of hydrogen-bond donors (Lipinski definition) is 1. The molecule has 0 amide bonds. The van der Waals surface area contributed by atoms with Crippen LogP contribution in [0.2, 0.25) is 0 Å². The highest BCUT2D eigenvalue weighted by Crippen LogP contribution is 2.43. The van der Waals surface area contributed by atoms with Crippen molar-refractivity contribution in [2.24, 2.45) is 0 Å². The van der Waals surface area contributed by atoms with Crippen LogP contribution in [0.25, 0.3) is 0 Å². The molecule has 0 radical (unpaired) electrons. The van der Waals surface area contributed by atoms with Gasteiger partial charge < -0.3 is 10.3 Å². The summed E-state index contributed by atoms with van der Waals surface area (Å²) in [7, 11) is -3.73. The van der Waals surface area contributed by atoms with Gasteiger partial charge in [-0.15, -0.1) is 0 Å². The summed E-state index contributed by atoms with van der Waals surface area (Å²) in [5.41, 5.74) is 4.18. The van der Waals surface area contributed by atoms with Gasteiger partial charge in [-0.3, -0.25) is 0 Å². The first-order chi connectivity index (χ1) is 13.4. The summed E-state index contributed by atoms with van der Waals surface area (Å²) in [6, 6.07) is 13.3. The van der Waals surface area contributed by atoms with Crippen LogP contribution in [-0.4, -0.2) is 0 Å². The molecule has 0 fully saturated rings. The quantitative estimate of drug-likeness (QED) is 0.364. The molecule has 0 aliphatic heterocycles. The van der Waals surface area contributed by atoms with Crippen molar-refractivity contribution in [3.8, 4) is 0 Å². The van der Waals surface area contributed by atoms with E-state index in [0.29, 0.717) is 5.69 Å². The van der Waals surface area contributed by atoms with Crippen LogP contribution < -0.4 is 21.6 Å². The van der Waals surface area contributed by atoms with E-state index in [2.05, 4.69) is 0 Å². The minimum atomic E-state index is -4.57. The summed E-state index contributed by atoms with van der Waals surface area (Å²) >= 11 is 0. The fourth-order valence-corrected chi connectivity index (χ4v) is 5.45. The van der Waals surface area contributed by atoms with Gasteiger partial charge in [0.05, 0.1) is 11.1 Å². The van der Waals surface area contributed by atoms with E-state index in [1.165, 1.54) is 24.3 Å². The van der Waals surface area contributed by atoms with E-state index in [0.717, 1.165) is 48.5 Å². The minimum Gasteiger partial charge on any atom is -0.399 e. The third kappa shape index (κ3) is 4.17. The van der Waals surface area contributed by atoms with Crippen molar-refractivity contribution in [3.63, 3.8) is 0 Å². The van der Waals surface area contributed by atoms with E-state index in [-0.39, 0.29) is 15.9 Å². The van der Waals surface area contributed by atoms with Crippen molar-refractivity contribution in [3.05, 3.63) is 83.9 Å². The number of nitrogen functional groups attached to an aromatic ring is 1. The monoisotopic (exact) mass is 429 g/mol. The van der Waals surface area contributed by atoms with E-state index in [4.69, 9.17) is 5.73 Å². The molecule has 0 heterocycles. The van der Waals surface area contributed by atoms with E-state index in [9.17, 15) is 30.9 Å². The van der Waals surface area contributed by atoms with Crippen LogP contribution in [0.1, 0.15) is 11.1 Å². The fourth-order valence-electron chi connectivity index (χ4n) is 2.85. The molecular weight excluding hydrogens is 415 g/mol. The summed E-state index contributed by atoms with van der Waals surface area (Å²) in [6.07, 6.45) is -9.14. The highest BCUT2D eigenvalue weighted by molar-refractivity contribution is 7.85. The van der Waals surface area contributed by atoms with Crippen LogP contribution >= 0.6 is 7.14 Å². The maximum absolute atomic E-state index is 14.0. The summed E-state index contributed by atoms with van der Waals surface area (Å²) in [4.78, 5) is 0. The Morgan fingerprint density at radius 2 is 0.828 bits per heavy atom. The van der Waals surface area contributed by atoms with Gasteiger partial charge in [0, 0.05) is 21.6 Å². The van der Waals surface area contributed by atoms with Gasteiger partial charge in [-0.2, -0.15) is 26.3 Å². The molecular formula is C20H14F6NOP. The van der Waals surface area contributed by atoms with Gasteiger partial charge in [0.25, 0.3) is 0 Å². The maximum atomic E-state index is 14.0. The van der Waals surface area contributed by atoms with Crippen LogP contribution in [0.5, 0.6) is 0 Å². The molecule has 0 atom stereocenters. The number of hydrogen-bond acceptors (Lipinski definition) is 2. The number of benzene rings is 3. The molecule has 0 unspecified atom stereocenters. The second-order valence-electron chi connectivity index (χ2n) is 6.29. The molecule has 0 aromatic heterocycles. The summed E-state index contributed by atoms with van der Waals surface area (Å²) in [6.45, 7) is 0. The SMILES string of the molecule is Nc1ccc(P(=O)(c2ccc(C(F)(F)F)cc2)c2ccc(C(F)(F)F)cc2)cc1. The molecule has 0 saturated carbocycles. The molecule has 152 valence electrons. The average Bonchev–Trinajstić information content (AvgIpc) is 2.67. The number of alkyl halides is 6. The van der Waals surface area contributed by atoms with Crippen LogP contribution in [0, 0.1) is 0 Å². The molecule has 3 aromatic rings. The Morgan fingerprint density at radius 3 is 1.10 bits per heavy atom. The number of halogens is 6. The molecule has 3 rings (SSSR count). The maximum Gasteiger partial charge on any atom is 0.416 e. The lowest BCUT2D eigenvalue weighted by Crippen LogP contribution is -2.26. The molecule has 9 heteroatoms. The lowest BCUT2D eigenvalue weighted by atomic mass is 10.2. The van der Waals surface area contributed by atoms with Crippen LogP contribution in [0.3, 0.4) is 0 Å². The predicted octanol–water partition coefficient (Wildman–Crippen LogP) is 4.95. The smallest absolute Gasteiger partial charge is 0.399 e. The predicted molar refractivity (Wildman–Crippen MR) is 100 cm³/mol. The van der Waals surface area contributed by atoms with Crippen molar-refractivity contribution in [2.75, 3.05) is 5.73 Å². The first-order valence-corrected chi connectivity index (χ1v) is 9.95. The van der Waals surface area contributed by atoms with E-state index in [1.807, 2.05) is 0 Å². The number of rotatable bonds is 3. The van der Waals surface area contributed by atoms with Crippen molar-refractivity contribution in [1.82, 2.24) is 0 Å². The second kappa shape index (κ2) is 7.26. The molecule has 29 heavy (non-hydrogen) atoms. The van der Waals surface area contributed by atoms with Crippen molar-refractivity contribution < 1.29 is 30.9 Å². The van der Waals surface area contributed by atoms with Crippen molar-refractivity contribution in [1.29, 1.82) is 0 Å². The van der Waals surface area contributed by atoms with Gasteiger partial charge >= 0.3 is 12.4 Å². The van der Waals surface area contributed by atoms with Crippen molar-refractivity contribution in [2.45, 2.75) is 12.4 Å². The lowest BCUT2D eigenvalue weighted by Gasteiger charge is -2.21. The molecule has 2 nitrogen and oxygen atoms in total. The number of anilines is 1. The lowest BCUT2D eigenvalue weighted by molar-refractivity contribution is -0.138. The molecule has 0 bridgehead atoms. The Hall–Kier alpha value is -2.73. The van der Waals surface area contributed by atoms with Crippen LogP contribution in [0.15, 0.2) is 72.8 Å². The number of nitrogens with two attached hydrogens (primary N) is 1. The van der Waals surface area contributed by atoms with E-state index in [1.54, 1.807) is 0 Å². The molecule has 0 aliphatic rings. The van der Waals surface area contributed by atoms with Gasteiger partial charge in [0.1, 0.15) is 0 Å². The Balaban J connectivity index is 2.17. The van der Waals surface area contributed by atoms with Gasteiger partial charge in [-0.25, -0.2) is 0 Å². The van der Waals surface area contributed by atoms with Crippen LogP contribution in [-0.2, 0) is 16.9 Å². The summed E-state index contributed by atoms with van der Waals surface area (Å²) in [5.74, 6) is 0. The third-order valence-corrected chi connectivity index (χ3v) is 7.45.